The van der Waals surface area contributed by atoms with Gasteiger partial charge in [-0.05, 0) is 54.7 Å². The van der Waals surface area contributed by atoms with Gasteiger partial charge >= 0.3 is 0 Å². The monoisotopic (exact) mass is 420 g/mol. The maximum Gasteiger partial charge on any atom is 0.294 e. The number of ether oxygens (including phenoxy) is 2. The van der Waals surface area contributed by atoms with Gasteiger partial charge in [-0.2, -0.15) is 0 Å². The highest BCUT2D eigenvalue weighted by atomic mass is 16.5. The number of para-hydroxylation sites is 2. The Labute approximate surface area is 182 Å². The zero-order chi connectivity index (χ0) is 21.8. The fourth-order valence-electron chi connectivity index (χ4n) is 4.20. The van der Waals surface area contributed by atoms with Crippen LogP contribution in [0, 0.1) is 5.92 Å². The molecule has 0 radical (unpaired) electrons. The molecule has 0 saturated heterocycles. The first kappa shape index (κ1) is 21.0. The Morgan fingerprint density at radius 1 is 1.16 bits per heavy atom. The lowest BCUT2D eigenvalue weighted by molar-refractivity contribution is -0.124. The summed E-state index contributed by atoms with van der Waals surface area (Å²) in [7, 11) is 1.61. The first-order valence-electron chi connectivity index (χ1n) is 10.8. The molecule has 0 bridgehead atoms. The van der Waals surface area contributed by atoms with Gasteiger partial charge in [0.15, 0.2) is 11.5 Å². The van der Waals surface area contributed by atoms with Gasteiger partial charge in [-0.25, -0.2) is 0 Å². The summed E-state index contributed by atoms with van der Waals surface area (Å²) in [6.45, 7) is 2.14. The van der Waals surface area contributed by atoms with Gasteiger partial charge in [-0.3, -0.25) is 14.5 Å². The maximum absolute atomic E-state index is 13.2. The van der Waals surface area contributed by atoms with Gasteiger partial charge < -0.3 is 14.8 Å². The predicted octanol–water partition coefficient (Wildman–Crippen LogP) is 4.16. The highest BCUT2D eigenvalue weighted by Gasteiger charge is 2.32. The first-order chi connectivity index (χ1) is 15.0. The number of amides is 2. The SMILES string of the molecule is COc1ccc(/C=C2\Oc3ccccc3N(CC(=O)N[C@@H]3CCCC[C@@H]3C)C2=O)cc1. The largest absolute Gasteiger partial charge is 0.497 e. The highest BCUT2D eigenvalue weighted by molar-refractivity contribution is 6.12. The maximum atomic E-state index is 13.2. The molecule has 31 heavy (non-hydrogen) atoms. The third-order valence-electron chi connectivity index (χ3n) is 6.01. The average Bonchev–Trinajstić information content (AvgIpc) is 2.78. The second-order valence-electron chi connectivity index (χ2n) is 8.18. The molecule has 1 fully saturated rings. The van der Waals surface area contributed by atoms with Crippen molar-refractivity contribution in [1.82, 2.24) is 5.32 Å². The topological polar surface area (TPSA) is 67.9 Å². The van der Waals surface area contributed by atoms with E-state index in [9.17, 15) is 9.59 Å². The summed E-state index contributed by atoms with van der Waals surface area (Å²) in [4.78, 5) is 27.6. The van der Waals surface area contributed by atoms with E-state index in [-0.39, 0.29) is 30.2 Å². The summed E-state index contributed by atoms with van der Waals surface area (Å²) in [5, 5.41) is 3.14. The molecule has 1 N–H and O–H groups in total. The molecule has 162 valence electrons. The summed E-state index contributed by atoms with van der Waals surface area (Å²) in [6.07, 6.45) is 6.14. The van der Waals surface area contributed by atoms with Crippen LogP contribution in [0.2, 0.25) is 0 Å². The van der Waals surface area contributed by atoms with Crippen LogP contribution in [0.5, 0.6) is 11.5 Å². The third kappa shape index (κ3) is 4.74. The fourth-order valence-corrected chi connectivity index (χ4v) is 4.20. The molecule has 4 rings (SSSR count). The predicted molar refractivity (Wildman–Crippen MR) is 120 cm³/mol. The van der Waals surface area contributed by atoms with Crippen LogP contribution < -0.4 is 19.7 Å². The fraction of sp³-hybridized carbons (Fsp3) is 0.360. The molecule has 0 aromatic heterocycles. The molecule has 6 heteroatoms. The Morgan fingerprint density at radius 3 is 2.65 bits per heavy atom. The van der Waals surface area contributed by atoms with E-state index in [0.717, 1.165) is 30.6 Å². The molecule has 1 aliphatic carbocycles. The Kier molecular flexibility index (Phi) is 6.26. The molecular weight excluding hydrogens is 392 g/mol. The van der Waals surface area contributed by atoms with Crippen molar-refractivity contribution in [3.8, 4) is 11.5 Å². The van der Waals surface area contributed by atoms with Crippen molar-refractivity contribution in [2.75, 3.05) is 18.6 Å². The van der Waals surface area contributed by atoms with Crippen molar-refractivity contribution < 1.29 is 19.1 Å². The minimum Gasteiger partial charge on any atom is -0.497 e. The lowest BCUT2D eigenvalue weighted by Crippen LogP contribution is -2.48. The number of fused-ring (bicyclic) bond motifs is 1. The molecule has 2 amide bonds. The number of hydrogen-bond acceptors (Lipinski definition) is 4. The molecule has 0 spiro atoms. The van der Waals surface area contributed by atoms with E-state index in [1.807, 2.05) is 36.4 Å². The van der Waals surface area contributed by atoms with Gasteiger partial charge in [0.25, 0.3) is 5.91 Å². The van der Waals surface area contributed by atoms with Crippen molar-refractivity contribution in [3.05, 3.63) is 59.9 Å². The van der Waals surface area contributed by atoms with E-state index >= 15 is 0 Å². The van der Waals surface area contributed by atoms with E-state index in [1.54, 1.807) is 25.3 Å². The van der Waals surface area contributed by atoms with Gasteiger partial charge in [-0.1, -0.05) is 44.0 Å². The molecule has 1 heterocycles. The van der Waals surface area contributed by atoms with Crippen LogP contribution in [0.25, 0.3) is 6.08 Å². The average molecular weight is 421 g/mol. The lowest BCUT2D eigenvalue weighted by atomic mass is 9.86. The normalized spacial score (nSPS) is 21.9. The van der Waals surface area contributed by atoms with Crippen molar-refractivity contribution in [1.29, 1.82) is 0 Å². The number of hydrogen-bond donors (Lipinski definition) is 1. The zero-order valence-corrected chi connectivity index (χ0v) is 18.0. The summed E-state index contributed by atoms with van der Waals surface area (Å²) in [5.74, 6) is 1.45. The van der Waals surface area contributed by atoms with E-state index in [2.05, 4.69) is 12.2 Å². The highest BCUT2D eigenvalue weighted by Crippen LogP contribution is 2.35. The van der Waals surface area contributed by atoms with Crippen LogP contribution in [0.15, 0.2) is 54.3 Å². The summed E-state index contributed by atoms with van der Waals surface area (Å²) < 4.78 is 11.1. The smallest absolute Gasteiger partial charge is 0.294 e. The quantitative estimate of drug-likeness (QED) is 0.738. The van der Waals surface area contributed by atoms with Gasteiger partial charge in [-0.15, -0.1) is 0 Å². The van der Waals surface area contributed by atoms with Crippen LogP contribution in [-0.4, -0.2) is 31.5 Å². The van der Waals surface area contributed by atoms with Crippen LogP contribution in [0.3, 0.4) is 0 Å². The molecule has 2 aliphatic rings. The molecule has 2 aromatic rings. The number of rotatable bonds is 5. The van der Waals surface area contributed by atoms with Crippen LogP contribution in [-0.2, 0) is 9.59 Å². The molecular formula is C25H28N2O4. The van der Waals surface area contributed by atoms with Crippen LogP contribution in [0.1, 0.15) is 38.2 Å². The Morgan fingerprint density at radius 2 is 1.90 bits per heavy atom. The lowest BCUT2D eigenvalue weighted by Gasteiger charge is -2.32. The minimum absolute atomic E-state index is 0.0393. The molecule has 1 aliphatic heterocycles. The van der Waals surface area contributed by atoms with Crippen molar-refractivity contribution >= 4 is 23.6 Å². The zero-order valence-electron chi connectivity index (χ0n) is 18.0. The summed E-state index contributed by atoms with van der Waals surface area (Å²) >= 11 is 0. The van der Waals surface area contributed by atoms with Gasteiger partial charge in [0.1, 0.15) is 12.3 Å². The van der Waals surface area contributed by atoms with Crippen molar-refractivity contribution in [3.63, 3.8) is 0 Å². The van der Waals surface area contributed by atoms with Gasteiger partial charge in [0.2, 0.25) is 5.91 Å². The number of benzene rings is 2. The molecule has 2 atom stereocenters. The van der Waals surface area contributed by atoms with Gasteiger partial charge in [0.05, 0.1) is 12.8 Å². The third-order valence-corrected chi connectivity index (χ3v) is 6.01. The number of carbonyl (C=O) groups excluding carboxylic acids is 2. The number of nitrogens with zero attached hydrogens (tertiary/aromatic N) is 1. The summed E-state index contributed by atoms with van der Waals surface area (Å²) in [5.41, 5.74) is 1.41. The van der Waals surface area contributed by atoms with Crippen molar-refractivity contribution in [2.45, 2.75) is 38.6 Å². The standard InChI is InChI=1S/C25H28N2O4/c1-17-7-3-4-8-20(17)26-24(28)16-27-21-9-5-6-10-22(21)31-23(25(27)29)15-18-11-13-19(30-2)14-12-18/h5-6,9-15,17,20H,3-4,7-8,16H2,1-2H3,(H,26,28)/b23-15-/t17-,20+/m0/s1. The number of nitrogens with one attached hydrogen (secondary N) is 1. The molecule has 0 unspecified atom stereocenters. The Bertz CT molecular complexity index is 983. The van der Waals surface area contributed by atoms with Crippen LogP contribution in [0.4, 0.5) is 5.69 Å². The van der Waals surface area contributed by atoms with E-state index in [1.165, 1.54) is 11.3 Å². The Hall–Kier alpha value is -3.28. The second-order valence-corrected chi connectivity index (χ2v) is 8.18. The van der Waals surface area contributed by atoms with Gasteiger partial charge in [0, 0.05) is 6.04 Å². The first-order valence-corrected chi connectivity index (χ1v) is 10.8. The van der Waals surface area contributed by atoms with Crippen molar-refractivity contribution in [2.24, 2.45) is 5.92 Å². The molecule has 2 aromatic carbocycles. The molecule has 6 nitrogen and oxygen atoms in total. The number of carbonyl (C=O) groups is 2. The van der Waals surface area contributed by atoms with Crippen LogP contribution >= 0.6 is 0 Å². The minimum atomic E-state index is -0.332. The van der Waals surface area contributed by atoms with E-state index < -0.39 is 0 Å². The number of methoxy groups -OCH3 is 1. The summed E-state index contributed by atoms with van der Waals surface area (Å²) in [6, 6.07) is 14.8. The Balaban J connectivity index is 1.56. The van der Waals surface area contributed by atoms with E-state index in [4.69, 9.17) is 9.47 Å². The second kappa shape index (κ2) is 9.25. The number of anilines is 1. The van der Waals surface area contributed by atoms with E-state index in [0.29, 0.717) is 17.4 Å². The molecule has 1 saturated carbocycles.